The van der Waals surface area contributed by atoms with Gasteiger partial charge in [0.25, 0.3) is 0 Å². The quantitative estimate of drug-likeness (QED) is 0.451. The molecule has 2 aromatic heterocycles. The molecule has 3 rings (SSSR count). The summed E-state index contributed by atoms with van der Waals surface area (Å²) < 4.78 is 14.8. The van der Waals surface area contributed by atoms with E-state index in [1.807, 2.05) is 0 Å². The minimum Gasteiger partial charge on any atom is -0.216 e. The molecule has 6 heteroatoms. The summed E-state index contributed by atoms with van der Waals surface area (Å²) >= 11 is 13.1. The maximum absolute atomic E-state index is 13.1. The van der Waals surface area contributed by atoms with Gasteiger partial charge in [-0.25, -0.2) is 14.4 Å². The second-order valence-electron chi connectivity index (χ2n) is 3.20. The van der Waals surface area contributed by atoms with E-state index in [1.165, 1.54) is 23.5 Å². The van der Waals surface area contributed by atoms with Gasteiger partial charge < -0.3 is 0 Å². The van der Waals surface area contributed by atoms with Crippen LogP contribution in [0.3, 0.4) is 0 Å². The lowest BCUT2D eigenvalue weighted by Crippen LogP contribution is -1.83. The van der Waals surface area contributed by atoms with Gasteiger partial charge >= 0.3 is 0 Å². The molecule has 0 radical (unpaired) electrons. The Bertz CT molecular complexity index is 711. The molecule has 80 valence electrons. The molecule has 2 nitrogen and oxygen atoms in total. The van der Waals surface area contributed by atoms with Crippen molar-refractivity contribution in [1.29, 1.82) is 0 Å². The molecule has 0 aliphatic rings. The Morgan fingerprint density at radius 2 is 2.00 bits per heavy atom. The van der Waals surface area contributed by atoms with Gasteiger partial charge in [0.1, 0.15) is 5.82 Å². The van der Waals surface area contributed by atoms with Crippen LogP contribution < -0.4 is 0 Å². The standard InChI is InChI=1S/C10H3Cl2FN2S/c11-9-8-7(14-10(12)15-9)5-3-4(13)1-2-6(5)16-8/h1-3H. The minimum atomic E-state index is -0.307. The average molecular weight is 273 g/mol. The lowest BCUT2D eigenvalue weighted by molar-refractivity contribution is 0.630. The van der Waals surface area contributed by atoms with Gasteiger partial charge in [-0.15, -0.1) is 11.3 Å². The molecule has 0 saturated carbocycles. The number of hydrogen-bond acceptors (Lipinski definition) is 3. The third-order valence-corrected chi connectivity index (χ3v) is 3.93. The van der Waals surface area contributed by atoms with Crippen LogP contribution in [0.25, 0.3) is 20.3 Å². The normalized spacial score (nSPS) is 11.4. The number of hydrogen-bond donors (Lipinski definition) is 0. The van der Waals surface area contributed by atoms with Crippen molar-refractivity contribution < 1.29 is 4.39 Å². The van der Waals surface area contributed by atoms with Crippen LogP contribution in [-0.4, -0.2) is 9.97 Å². The predicted molar refractivity (Wildman–Crippen MR) is 64.9 cm³/mol. The summed E-state index contributed by atoms with van der Waals surface area (Å²) in [4.78, 5) is 7.94. The fourth-order valence-corrected chi connectivity index (χ4v) is 3.06. The Morgan fingerprint density at radius 1 is 1.19 bits per heavy atom. The van der Waals surface area contributed by atoms with E-state index in [4.69, 9.17) is 23.2 Å². The largest absolute Gasteiger partial charge is 0.224 e. The van der Waals surface area contributed by atoms with Crippen molar-refractivity contribution in [3.8, 4) is 0 Å². The molecule has 3 aromatic rings. The molecule has 0 unspecified atom stereocenters. The molecule has 0 aliphatic heterocycles. The highest BCUT2D eigenvalue weighted by Crippen LogP contribution is 2.36. The third-order valence-electron chi connectivity index (χ3n) is 2.21. The zero-order chi connectivity index (χ0) is 11.3. The molecule has 0 bridgehead atoms. The van der Waals surface area contributed by atoms with Crippen molar-refractivity contribution >= 4 is 54.8 Å². The highest BCUT2D eigenvalue weighted by molar-refractivity contribution is 7.26. The number of benzene rings is 1. The molecule has 0 fully saturated rings. The van der Waals surface area contributed by atoms with Crippen LogP contribution in [0.4, 0.5) is 4.39 Å². The average Bonchev–Trinajstić information content (AvgIpc) is 2.57. The number of nitrogens with zero attached hydrogens (tertiary/aromatic N) is 2. The maximum atomic E-state index is 13.1. The zero-order valence-corrected chi connectivity index (χ0v) is 10.00. The summed E-state index contributed by atoms with van der Waals surface area (Å²) in [5, 5.41) is 1.09. The molecule has 0 N–H and O–H groups in total. The molecule has 0 spiro atoms. The molecule has 0 atom stereocenters. The van der Waals surface area contributed by atoms with Crippen LogP contribution in [0.2, 0.25) is 10.4 Å². The molecule has 2 heterocycles. The molecule has 1 aromatic carbocycles. The van der Waals surface area contributed by atoms with Gasteiger partial charge in [0, 0.05) is 10.1 Å². The lowest BCUT2D eigenvalue weighted by atomic mass is 10.2. The van der Waals surface area contributed by atoms with Crippen molar-refractivity contribution in [2.45, 2.75) is 0 Å². The summed E-state index contributed by atoms with van der Waals surface area (Å²) in [7, 11) is 0. The second kappa shape index (κ2) is 3.52. The number of thiophene rings is 1. The Morgan fingerprint density at radius 3 is 2.81 bits per heavy atom. The van der Waals surface area contributed by atoms with E-state index < -0.39 is 0 Å². The number of rotatable bonds is 0. The van der Waals surface area contributed by atoms with Crippen LogP contribution in [0.1, 0.15) is 0 Å². The van der Waals surface area contributed by atoms with Gasteiger partial charge in [-0.1, -0.05) is 11.6 Å². The fourth-order valence-electron chi connectivity index (χ4n) is 1.56. The summed E-state index contributed by atoms with van der Waals surface area (Å²) in [6, 6.07) is 4.52. The Hall–Kier alpha value is -0.970. The molecular weight excluding hydrogens is 270 g/mol. The highest BCUT2D eigenvalue weighted by Gasteiger charge is 2.12. The second-order valence-corrected chi connectivity index (χ2v) is 4.95. The van der Waals surface area contributed by atoms with Crippen LogP contribution in [0.15, 0.2) is 18.2 Å². The van der Waals surface area contributed by atoms with E-state index >= 15 is 0 Å². The van der Waals surface area contributed by atoms with Gasteiger partial charge in [0.2, 0.25) is 5.28 Å². The Balaban J connectivity index is 2.57. The maximum Gasteiger partial charge on any atom is 0.224 e. The molecule has 0 amide bonds. The van der Waals surface area contributed by atoms with Crippen molar-refractivity contribution in [3.05, 3.63) is 34.5 Å². The fraction of sp³-hybridized carbons (Fsp3) is 0. The number of halogens is 3. The molecule has 16 heavy (non-hydrogen) atoms. The first-order valence-corrected chi connectivity index (χ1v) is 5.93. The van der Waals surface area contributed by atoms with E-state index in [9.17, 15) is 4.39 Å². The van der Waals surface area contributed by atoms with Crippen LogP contribution in [0, 0.1) is 5.82 Å². The van der Waals surface area contributed by atoms with Gasteiger partial charge in [-0.3, -0.25) is 0 Å². The summed E-state index contributed by atoms with van der Waals surface area (Å²) in [5.41, 5.74) is 0.601. The van der Waals surface area contributed by atoms with Crippen LogP contribution in [0.5, 0.6) is 0 Å². The van der Waals surface area contributed by atoms with Gasteiger partial charge in [0.15, 0.2) is 5.15 Å². The molecule has 0 aliphatic carbocycles. The predicted octanol–water partition coefficient (Wildman–Crippen LogP) is 4.29. The summed E-state index contributed by atoms with van der Waals surface area (Å²) in [6.07, 6.45) is 0. The van der Waals surface area contributed by atoms with Crippen LogP contribution in [-0.2, 0) is 0 Å². The monoisotopic (exact) mass is 272 g/mol. The van der Waals surface area contributed by atoms with E-state index in [1.54, 1.807) is 6.07 Å². The molecule has 0 saturated heterocycles. The zero-order valence-electron chi connectivity index (χ0n) is 7.67. The number of fused-ring (bicyclic) bond motifs is 3. The molecular formula is C10H3Cl2FN2S. The van der Waals surface area contributed by atoms with E-state index in [0.717, 1.165) is 9.40 Å². The van der Waals surface area contributed by atoms with Crippen LogP contribution >= 0.6 is 34.5 Å². The number of aromatic nitrogens is 2. The van der Waals surface area contributed by atoms with Crippen molar-refractivity contribution in [3.63, 3.8) is 0 Å². The van der Waals surface area contributed by atoms with Gasteiger partial charge in [-0.05, 0) is 29.8 Å². The van der Waals surface area contributed by atoms with Gasteiger partial charge in [-0.2, -0.15) is 0 Å². The first kappa shape index (κ1) is 10.2. The topological polar surface area (TPSA) is 25.8 Å². The Labute approximate surface area is 104 Å². The van der Waals surface area contributed by atoms with Crippen molar-refractivity contribution in [2.24, 2.45) is 0 Å². The smallest absolute Gasteiger partial charge is 0.216 e. The summed E-state index contributed by atoms with van der Waals surface area (Å²) in [6.45, 7) is 0. The minimum absolute atomic E-state index is 0.0708. The third kappa shape index (κ3) is 1.45. The summed E-state index contributed by atoms with van der Waals surface area (Å²) in [5.74, 6) is -0.307. The first-order chi connectivity index (χ1) is 7.65. The van der Waals surface area contributed by atoms with E-state index in [0.29, 0.717) is 16.1 Å². The van der Waals surface area contributed by atoms with Crippen molar-refractivity contribution in [2.75, 3.05) is 0 Å². The SMILES string of the molecule is Fc1ccc2sc3c(Cl)nc(Cl)nc3c2c1. The highest BCUT2D eigenvalue weighted by atomic mass is 35.5. The van der Waals surface area contributed by atoms with Gasteiger partial charge in [0.05, 0.1) is 10.2 Å². The first-order valence-electron chi connectivity index (χ1n) is 4.36. The van der Waals surface area contributed by atoms with E-state index in [2.05, 4.69) is 9.97 Å². The lowest BCUT2D eigenvalue weighted by Gasteiger charge is -1.94. The van der Waals surface area contributed by atoms with E-state index in [-0.39, 0.29) is 11.1 Å². The Kier molecular flexibility index (Phi) is 2.24. The van der Waals surface area contributed by atoms with Crippen molar-refractivity contribution in [1.82, 2.24) is 9.97 Å².